The average molecular weight is 325 g/mol. The molecule has 0 radical (unpaired) electrons. The topological polar surface area (TPSA) is 92.9 Å². The van der Waals surface area contributed by atoms with Crippen LogP contribution in [-0.2, 0) is 5.54 Å². The van der Waals surface area contributed by atoms with Crippen LogP contribution in [0, 0.1) is 0 Å². The molecular formula is C13H19N5OS2. The maximum atomic E-state index is 12.4. The minimum atomic E-state index is -0.543. The Morgan fingerprint density at radius 2 is 2.24 bits per heavy atom. The maximum Gasteiger partial charge on any atom is 0.266 e. The Morgan fingerprint density at radius 1 is 1.48 bits per heavy atom. The number of anilines is 2. The van der Waals surface area contributed by atoms with Crippen molar-refractivity contribution in [2.75, 3.05) is 17.6 Å². The first-order chi connectivity index (χ1) is 9.94. The molecule has 8 heteroatoms. The van der Waals surface area contributed by atoms with E-state index in [1.54, 1.807) is 6.20 Å². The predicted molar refractivity (Wildman–Crippen MR) is 87.9 cm³/mol. The number of nitrogens with one attached hydrogen (secondary N) is 2. The van der Waals surface area contributed by atoms with Gasteiger partial charge in [0, 0.05) is 18.1 Å². The second kappa shape index (κ2) is 6.40. The molecule has 0 aliphatic rings. The molecule has 0 saturated carbocycles. The fourth-order valence-electron chi connectivity index (χ4n) is 1.73. The summed E-state index contributed by atoms with van der Waals surface area (Å²) < 4.78 is 0. The number of thiazole rings is 2. The molecule has 2 heterocycles. The van der Waals surface area contributed by atoms with Crippen LogP contribution in [0.25, 0.3) is 0 Å². The Kier molecular flexibility index (Phi) is 4.79. The Morgan fingerprint density at radius 3 is 2.86 bits per heavy atom. The molecule has 0 saturated heterocycles. The van der Waals surface area contributed by atoms with Gasteiger partial charge in [0.25, 0.3) is 5.91 Å². The van der Waals surface area contributed by atoms with E-state index < -0.39 is 5.54 Å². The standard InChI is InChI=1S/C13H19N5OS2/c1-4-5-16-12-17-9(14)8(21-12)10(19)18-13(2,3)11-15-6-7-20-11/h6-7H,4-5,14H2,1-3H3,(H,16,17)(H,18,19). The number of carbonyl (C=O) groups excluding carboxylic acids is 1. The van der Waals surface area contributed by atoms with E-state index in [0.29, 0.717) is 10.0 Å². The molecule has 6 nitrogen and oxygen atoms in total. The fourth-order valence-corrected chi connectivity index (χ4v) is 3.25. The number of aromatic nitrogens is 2. The Labute approximate surface area is 131 Å². The van der Waals surface area contributed by atoms with Crippen molar-refractivity contribution in [2.45, 2.75) is 32.7 Å². The van der Waals surface area contributed by atoms with Crippen molar-refractivity contribution < 1.29 is 4.79 Å². The van der Waals surface area contributed by atoms with Crippen LogP contribution in [0.3, 0.4) is 0 Å². The van der Waals surface area contributed by atoms with Gasteiger partial charge >= 0.3 is 0 Å². The van der Waals surface area contributed by atoms with Crippen molar-refractivity contribution in [3.8, 4) is 0 Å². The maximum absolute atomic E-state index is 12.4. The Balaban J connectivity index is 2.11. The van der Waals surface area contributed by atoms with E-state index in [1.807, 2.05) is 19.2 Å². The Bertz CT molecular complexity index is 606. The molecule has 1 amide bonds. The van der Waals surface area contributed by atoms with E-state index in [1.165, 1.54) is 22.7 Å². The normalized spacial score (nSPS) is 11.4. The lowest BCUT2D eigenvalue weighted by atomic mass is 10.1. The molecule has 0 aliphatic heterocycles. The van der Waals surface area contributed by atoms with Gasteiger partial charge in [0.2, 0.25) is 0 Å². The first kappa shape index (κ1) is 15.7. The number of nitrogens with zero attached hydrogens (tertiary/aromatic N) is 2. The molecule has 0 spiro atoms. The van der Waals surface area contributed by atoms with Crippen molar-refractivity contribution >= 4 is 39.5 Å². The average Bonchev–Trinajstić information content (AvgIpc) is 3.05. The third kappa shape index (κ3) is 3.70. The van der Waals surface area contributed by atoms with Gasteiger partial charge in [-0.2, -0.15) is 0 Å². The minimum absolute atomic E-state index is 0.227. The van der Waals surface area contributed by atoms with Crippen molar-refractivity contribution in [2.24, 2.45) is 0 Å². The van der Waals surface area contributed by atoms with Gasteiger partial charge in [0.15, 0.2) is 5.13 Å². The van der Waals surface area contributed by atoms with Crippen LogP contribution in [0.15, 0.2) is 11.6 Å². The molecule has 4 N–H and O–H groups in total. The van der Waals surface area contributed by atoms with Crippen LogP contribution in [0.1, 0.15) is 41.9 Å². The highest BCUT2D eigenvalue weighted by Gasteiger charge is 2.28. The zero-order valence-electron chi connectivity index (χ0n) is 12.3. The molecule has 0 fully saturated rings. The SMILES string of the molecule is CCCNc1nc(N)c(C(=O)NC(C)(C)c2nccs2)s1. The molecule has 0 bridgehead atoms. The van der Waals surface area contributed by atoms with Gasteiger partial charge in [-0.1, -0.05) is 18.3 Å². The zero-order valence-corrected chi connectivity index (χ0v) is 13.9. The van der Waals surface area contributed by atoms with E-state index in [0.717, 1.165) is 18.0 Å². The monoisotopic (exact) mass is 325 g/mol. The number of nitrogens with two attached hydrogens (primary N) is 1. The lowest BCUT2D eigenvalue weighted by molar-refractivity contribution is 0.0917. The minimum Gasteiger partial charge on any atom is -0.382 e. The van der Waals surface area contributed by atoms with Gasteiger partial charge in [-0.05, 0) is 20.3 Å². The molecule has 0 aromatic carbocycles. The lowest BCUT2D eigenvalue weighted by Gasteiger charge is -2.23. The zero-order chi connectivity index (χ0) is 15.5. The van der Waals surface area contributed by atoms with E-state index in [-0.39, 0.29) is 11.7 Å². The molecule has 0 atom stereocenters. The molecule has 0 aliphatic carbocycles. The summed E-state index contributed by atoms with van der Waals surface area (Å²) in [5, 5.41) is 9.50. The molecule has 0 unspecified atom stereocenters. The lowest BCUT2D eigenvalue weighted by Crippen LogP contribution is -2.40. The third-order valence-corrected chi connectivity index (χ3v) is 4.90. The number of carbonyl (C=O) groups is 1. The van der Waals surface area contributed by atoms with Crippen molar-refractivity contribution in [1.29, 1.82) is 0 Å². The van der Waals surface area contributed by atoms with E-state index >= 15 is 0 Å². The second-order valence-corrected chi connectivity index (χ2v) is 6.97. The van der Waals surface area contributed by atoms with Crippen LogP contribution >= 0.6 is 22.7 Å². The number of nitrogen functional groups attached to an aromatic ring is 1. The van der Waals surface area contributed by atoms with E-state index in [4.69, 9.17) is 5.73 Å². The molecule has 2 rings (SSSR count). The third-order valence-electron chi connectivity index (χ3n) is 2.78. The molecule has 2 aromatic rings. The molecule has 114 valence electrons. The number of amides is 1. The molecular weight excluding hydrogens is 306 g/mol. The van der Waals surface area contributed by atoms with E-state index in [2.05, 4.69) is 27.5 Å². The summed E-state index contributed by atoms with van der Waals surface area (Å²) in [5.74, 6) is 0.0285. The molecule has 2 aromatic heterocycles. The fraction of sp³-hybridized carbons (Fsp3) is 0.462. The summed E-state index contributed by atoms with van der Waals surface area (Å²) in [4.78, 5) is 21.2. The summed E-state index contributed by atoms with van der Waals surface area (Å²) in [6, 6.07) is 0. The number of hydrogen-bond donors (Lipinski definition) is 3. The van der Waals surface area contributed by atoms with Crippen molar-refractivity contribution in [1.82, 2.24) is 15.3 Å². The van der Waals surface area contributed by atoms with Gasteiger partial charge in [-0.3, -0.25) is 4.79 Å². The molecule has 21 heavy (non-hydrogen) atoms. The largest absolute Gasteiger partial charge is 0.382 e. The van der Waals surface area contributed by atoms with Gasteiger partial charge < -0.3 is 16.4 Å². The quantitative estimate of drug-likeness (QED) is 0.759. The highest BCUT2D eigenvalue weighted by atomic mass is 32.1. The first-order valence-electron chi connectivity index (χ1n) is 6.66. The summed E-state index contributed by atoms with van der Waals surface area (Å²) in [6.07, 6.45) is 2.71. The summed E-state index contributed by atoms with van der Waals surface area (Å²) in [5.41, 5.74) is 5.29. The summed E-state index contributed by atoms with van der Waals surface area (Å²) in [6.45, 7) is 6.70. The first-order valence-corrected chi connectivity index (χ1v) is 8.36. The highest BCUT2D eigenvalue weighted by Crippen LogP contribution is 2.27. The van der Waals surface area contributed by atoms with E-state index in [9.17, 15) is 4.79 Å². The van der Waals surface area contributed by atoms with Crippen LogP contribution < -0.4 is 16.4 Å². The van der Waals surface area contributed by atoms with Crippen molar-refractivity contribution in [3.05, 3.63) is 21.5 Å². The van der Waals surface area contributed by atoms with Crippen LogP contribution in [0.2, 0.25) is 0 Å². The van der Waals surface area contributed by atoms with Gasteiger partial charge in [-0.15, -0.1) is 11.3 Å². The van der Waals surface area contributed by atoms with Gasteiger partial charge in [0.05, 0.1) is 5.54 Å². The van der Waals surface area contributed by atoms with Gasteiger partial charge in [-0.25, -0.2) is 9.97 Å². The van der Waals surface area contributed by atoms with Crippen LogP contribution in [0.5, 0.6) is 0 Å². The second-order valence-electron chi connectivity index (χ2n) is 5.08. The van der Waals surface area contributed by atoms with Crippen LogP contribution in [-0.4, -0.2) is 22.4 Å². The smallest absolute Gasteiger partial charge is 0.266 e. The predicted octanol–water partition coefficient (Wildman–Crippen LogP) is 2.67. The van der Waals surface area contributed by atoms with Crippen molar-refractivity contribution in [3.63, 3.8) is 0 Å². The Hall–Kier alpha value is -1.67. The summed E-state index contributed by atoms with van der Waals surface area (Å²) in [7, 11) is 0. The van der Waals surface area contributed by atoms with Gasteiger partial charge in [0.1, 0.15) is 15.7 Å². The van der Waals surface area contributed by atoms with Crippen LogP contribution in [0.4, 0.5) is 10.9 Å². The number of hydrogen-bond acceptors (Lipinski definition) is 7. The summed E-state index contributed by atoms with van der Waals surface area (Å²) >= 11 is 2.78. The number of rotatable bonds is 6. The highest BCUT2D eigenvalue weighted by molar-refractivity contribution is 7.18.